The van der Waals surface area contributed by atoms with E-state index >= 15 is 0 Å². The number of piperazine rings is 1. The lowest BCUT2D eigenvalue weighted by molar-refractivity contribution is 0.0613. The summed E-state index contributed by atoms with van der Waals surface area (Å²) in [6, 6.07) is 8.60. The van der Waals surface area contributed by atoms with Crippen LogP contribution in [0.1, 0.15) is 32.3 Å². The standard InChI is InChI=1S/C19H29N5O/c1-12(2)24-13-7-8-14(24)11-23(10-13)17(19(21)22)9-16(20)15-5-3-4-6-18(15)25/h3-6,9,12-14,25H,7-8,10-11,20-22H2,1-2H3/b16-9-. The molecule has 0 aromatic heterocycles. The maximum absolute atomic E-state index is 10.0. The van der Waals surface area contributed by atoms with Crippen LogP contribution in [0.15, 0.2) is 41.9 Å². The van der Waals surface area contributed by atoms with Crippen LogP contribution in [0.5, 0.6) is 5.75 Å². The van der Waals surface area contributed by atoms with Gasteiger partial charge in [0, 0.05) is 42.5 Å². The molecule has 2 aliphatic rings. The fraction of sp³-hybridized carbons (Fsp3) is 0.474. The van der Waals surface area contributed by atoms with Crippen molar-refractivity contribution in [3.05, 3.63) is 47.4 Å². The van der Waals surface area contributed by atoms with Gasteiger partial charge in [-0.2, -0.15) is 0 Å². The van der Waals surface area contributed by atoms with Crippen LogP contribution in [-0.2, 0) is 0 Å². The summed E-state index contributed by atoms with van der Waals surface area (Å²) in [6.45, 7) is 6.30. The van der Waals surface area contributed by atoms with Crippen molar-refractivity contribution in [2.24, 2.45) is 17.2 Å². The molecule has 0 radical (unpaired) electrons. The Labute approximate surface area is 149 Å². The molecule has 0 spiro atoms. The van der Waals surface area contributed by atoms with Crippen molar-refractivity contribution < 1.29 is 5.11 Å². The number of para-hydroxylation sites is 1. The van der Waals surface area contributed by atoms with Crippen LogP contribution >= 0.6 is 0 Å². The summed E-state index contributed by atoms with van der Waals surface area (Å²) < 4.78 is 0. The number of likely N-dealkylation sites (tertiary alicyclic amines) is 1. The Bertz CT molecular complexity index is 679. The second-order valence-electron chi connectivity index (χ2n) is 7.29. The topological polar surface area (TPSA) is 105 Å². The molecule has 0 aliphatic carbocycles. The minimum absolute atomic E-state index is 0.149. The molecule has 1 aromatic carbocycles. The van der Waals surface area contributed by atoms with Crippen LogP contribution in [0.25, 0.3) is 5.70 Å². The van der Waals surface area contributed by atoms with Gasteiger partial charge >= 0.3 is 0 Å². The average Bonchev–Trinajstić information content (AvgIpc) is 2.83. The molecular weight excluding hydrogens is 314 g/mol. The zero-order valence-corrected chi connectivity index (χ0v) is 15.0. The number of fused-ring (bicyclic) bond motifs is 2. The molecule has 1 aromatic rings. The van der Waals surface area contributed by atoms with Crippen LogP contribution in [-0.4, -0.2) is 46.1 Å². The first kappa shape index (κ1) is 17.5. The Morgan fingerprint density at radius 3 is 2.24 bits per heavy atom. The fourth-order valence-corrected chi connectivity index (χ4v) is 4.28. The van der Waals surface area contributed by atoms with Gasteiger partial charge in [-0.15, -0.1) is 0 Å². The smallest absolute Gasteiger partial charge is 0.124 e. The number of allylic oxidation sites excluding steroid dienone is 1. The number of phenolic OH excluding ortho intramolecular Hbond substituents is 1. The number of nitrogens with zero attached hydrogens (tertiary/aromatic N) is 2. The Morgan fingerprint density at radius 1 is 1.12 bits per heavy atom. The lowest BCUT2D eigenvalue weighted by atomic mass is 10.1. The van der Waals surface area contributed by atoms with Gasteiger partial charge in [0.2, 0.25) is 0 Å². The van der Waals surface area contributed by atoms with Gasteiger partial charge in [0.05, 0.1) is 5.70 Å². The number of phenols is 1. The third-order valence-corrected chi connectivity index (χ3v) is 5.28. The summed E-state index contributed by atoms with van der Waals surface area (Å²) in [7, 11) is 0. The maximum Gasteiger partial charge on any atom is 0.124 e. The summed E-state index contributed by atoms with van der Waals surface area (Å²) in [5, 5.41) is 10.0. The largest absolute Gasteiger partial charge is 0.507 e. The van der Waals surface area contributed by atoms with Gasteiger partial charge in [0.1, 0.15) is 11.6 Å². The molecule has 0 amide bonds. The van der Waals surface area contributed by atoms with Crippen molar-refractivity contribution in [2.45, 2.75) is 44.8 Å². The molecule has 2 bridgehead atoms. The third-order valence-electron chi connectivity index (χ3n) is 5.28. The quantitative estimate of drug-likeness (QED) is 0.615. The van der Waals surface area contributed by atoms with E-state index < -0.39 is 0 Å². The van der Waals surface area contributed by atoms with E-state index in [1.165, 1.54) is 12.8 Å². The van der Waals surface area contributed by atoms with Crippen molar-refractivity contribution in [3.63, 3.8) is 0 Å². The van der Waals surface area contributed by atoms with E-state index in [0.29, 0.717) is 29.4 Å². The normalized spacial score (nSPS) is 24.0. The van der Waals surface area contributed by atoms with E-state index in [0.717, 1.165) is 18.8 Å². The first-order valence-corrected chi connectivity index (χ1v) is 8.91. The first-order valence-electron chi connectivity index (χ1n) is 8.91. The minimum Gasteiger partial charge on any atom is -0.507 e. The zero-order valence-electron chi connectivity index (χ0n) is 15.0. The van der Waals surface area contributed by atoms with Gasteiger partial charge in [0.15, 0.2) is 0 Å². The van der Waals surface area contributed by atoms with Gasteiger partial charge in [-0.25, -0.2) is 0 Å². The summed E-state index contributed by atoms with van der Waals surface area (Å²) in [6.07, 6.45) is 4.19. The molecule has 2 fully saturated rings. The third kappa shape index (κ3) is 3.39. The number of hydrogen-bond donors (Lipinski definition) is 4. The van der Waals surface area contributed by atoms with Crippen LogP contribution in [0, 0.1) is 0 Å². The fourth-order valence-electron chi connectivity index (χ4n) is 4.28. The molecular formula is C19H29N5O. The highest BCUT2D eigenvalue weighted by Gasteiger charge is 2.41. The molecule has 3 rings (SSSR count). The number of nitrogens with two attached hydrogens (primary N) is 3. The van der Waals surface area contributed by atoms with Crippen LogP contribution in [0.4, 0.5) is 0 Å². The highest BCUT2D eigenvalue weighted by Crippen LogP contribution is 2.34. The summed E-state index contributed by atoms with van der Waals surface area (Å²) in [4.78, 5) is 4.85. The second kappa shape index (κ2) is 6.88. The highest BCUT2D eigenvalue weighted by molar-refractivity contribution is 5.69. The van der Waals surface area contributed by atoms with Crippen molar-refractivity contribution in [2.75, 3.05) is 13.1 Å². The SMILES string of the molecule is CC(C)N1C2CCC1CN(C(/C=C(\N)c1ccccc1O)=C(N)N)C2. The number of rotatable bonds is 4. The Morgan fingerprint density at radius 2 is 1.72 bits per heavy atom. The van der Waals surface area contributed by atoms with E-state index in [1.807, 2.05) is 6.07 Å². The van der Waals surface area contributed by atoms with Crippen LogP contribution in [0.3, 0.4) is 0 Å². The molecule has 136 valence electrons. The van der Waals surface area contributed by atoms with Gasteiger partial charge < -0.3 is 27.2 Å². The van der Waals surface area contributed by atoms with Gasteiger partial charge in [-0.1, -0.05) is 12.1 Å². The van der Waals surface area contributed by atoms with E-state index in [2.05, 4.69) is 23.6 Å². The molecule has 6 nitrogen and oxygen atoms in total. The van der Waals surface area contributed by atoms with Crippen molar-refractivity contribution in [1.82, 2.24) is 9.80 Å². The predicted molar refractivity (Wildman–Crippen MR) is 101 cm³/mol. The molecule has 2 unspecified atom stereocenters. The molecule has 2 aliphatic heterocycles. The highest BCUT2D eigenvalue weighted by atomic mass is 16.3. The van der Waals surface area contributed by atoms with Crippen molar-refractivity contribution in [1.29, 1.82) is 0 Å². The average molecular weight is 343 g/mol. The lowest BCUT2D eigenvalue weighted by Crippen LogP contribution is -2.55. The Kier molecular flexibility index (Phi) is 4.81. The molecule has 6 heteroatoms. The van der Waals surface area contributed by atoms with Crippen molar-refractivity contribution >= 4 is 5.70 Å². The number of hydrogen-bond acceptors (Lipinski definition) is 6. The first-order chi connectivity index (χ1) is 11.9. The zero-order chi connectivity index (χ0) is 18.1. The summed E-state index contributed by atoms with van der Waals surface area (Å²) >= 11 is 0. The van der Waals surface area contributed by atoms with Crippen LogP contribution < -0.4 is 17.2 Å². The summed E-state index contributed by atoms with van der Waals surface area (Å²) in [5.41, 5.74) is 20.0. The van der Waals surface area contributed by atoms with Gasteiger partial charge in [-0.05, 0) is 44.9 Å². The molecule has 2 atom stereocenters. The van der Waals surface area contributed by atoms with E-state index in [4.69, 9.17) is 17.2 Å². The molecule has 2 saturated heterocycles. The van der Waals surface area contributed by atoms with Gasteiger partial charge in [-0.3, -0.25) is 4.90 Å². The Hall–Kier alpha value is -2.34. The minimum atomic E-state index is 0.149. The van der Waals surface area contributed by atoms with Crippen LogP contribution in [0.2, 0.25) is 0 Å². The number of aromatic hydroxyl groups is 1. The monoisotopic (exact) mass is 343 g/mol. The van der Waals surface area contributed by atoms with Gasteiger partial charge in [0.25, 0.3) is 0 Å². The van der Waals surface area contributed by atoms with E-state index in [-0.39, 0.29) is 11.6 Å². The van der Waals surface area contributed by atoms with E-state index in [9.17, 15) is 5.11 Å². The molecule has 7 N–H and O–H groups in total. The molecule has 0 saturated carbocycles. The summed E-state index contributed by atoms with van der Waals surface area (Å²) in [5.74, 6) is 0.409. The second-order valence-corrected chi connectivity index (χ2v) is 7.29. The van der Waals surface area contributed by atoms with Crippen molar-refractivity contribution in [3.8, 4) is 5.75 Å². The number of benzene rings is 1. The Balaban J connectivity index is 1.86. The predicted octanol–water partition coefficient (Wildman–Crippen LogP) is 1.34. The van der Waals surface area contributed by atoms with E-state index in [1.54, 1.807) is 24.3 Å². The maximum atomic E-state index is 10.0. The molecule has 2 heterocycles. The molecule has 25 heavy (non-hydrogen) atoms. The lowest BCUT2D eigenvalue weighted by Gasteiger charge is -2.44.